The van der Waals surface area contributed by atoms with Crippen LogP contribution in [0.1, 0.15) is 60.8 Å². The van der Waals surface area contributed by atoms with Crippen LogP contribution in [0.3, 0.4) is 0 Å². The number of carbonyl (C=O) groups is 1. The van der Waals surface area contributed by atoms with Crippen molar-refractivity contribution in [3.8, 4) is 0 Å². The maximum Gasteiger partial charge on any atom is 0.306 e. The van der Waals surface area contributed by atoms with Gasteiger partial charge in [0.15, 0.2) is 0 Å². The van der Waals surface area contributed by atoms with Gasteiger partial charge in [-0.25, -0.2) is 0 Å². The molecule has 16 heavy (non-hydrogen) atoms. The highest BCUT2D eigenvalue weighted by Gasteiger charge is 2.20. The first kappa shape index (κ1) is 15.2. The summed E-state index contributed by atoms with van der Waals surface area (Å²) in [5, 5.41) is 0. The monoisotopic (exact) mass is 226 g/mol. The first-order chi connectivity index (χ1) is 7.34. The Morgan fingerprint density at radius 1 is 1.31 bits per heavy atom. The van der Waals surface area contributed by atoms with Crippen molar-refractivity contribution >= 4 is 5.97 Å². The Bertz CT molecular complexity index is 246. The largest absolute Gasteiger partial charge is 0.460 e. The third-order valence-corrected chi connectivity index (χ3v) is 2.63. The maximum absolute atomic E-state index is 11.7. The van der Waals surface area contributed by atoms with Crippen molar-refractivity contribution in [3.05, 3.63) is 11.6 Å². The summed E-state index contributed by atoms with van der Waals surface area (Å²) in [7, 11) is 0. The third-order valence-electron chi connectivity index (χ3n) is 2.63. The zero-order valence-electron chi connectivity index (χ0n) is 11.6. The predicted octanol–water partition coefficient (Wildman–Crippen LogP) is 4.10. The van der Waals surface area contributed by atoms with Gasteiger partial charge in [-0.2, -0.15) is 0 Å². The third kappa shape index (κ3) is 5.94. The lowest BCUT2D eigenvalue weighted by atomic mass is 9.91. The molecule has 0 saturated heterocycles. The average molecular weight is 226 g/mol. The summed E-state index contributed by atoms with van der Waals surface area (Å²) in [5.74, 6) is 0.247. The molecular formula is C14H26O2. The molecule has 0 aliphatic heterocycles. The summed E-state index contributed by atoms with van der Waals surface area (Å²) in [4.78, 5) is 11.7. The maximum atomic E-state index is 11.7. The highest BCUT2D eigenvalue weighted by Crippen LogP contribution is 2.23. The number of hydrogen-bond donors (Lipinski definition) is 0. The van der Waals surface area contributed by atoms with Crippen molar-refractivity contribution in [2.45, 2.75) is 66.4 Å². The van der Waals surface area contributed by atoms with Crippen LogP contribution < -0.4 is 0 Å². The molecule has 0 radical (unpaired) electrons. The van der Waals surface area contributed by atoms with Gasteiger partial charge >= 0.3 is 5.97 Å². The molecule has 0 N–H and O–H groups in total. The van der Waals surface area contributed by atoms with Crippen LogP contribution >= 0.6 is 0 Å². The fourth-order valence-corrected chi connectivity index (χ4v) is 1.85. The van der Waals surface area contributed by atoms with Gasteiger partial charge in [0, 0.05) is 0 Å². The summed E-state index contributed by atoms with van der Waals surface area (Å²) in [6.45, 7) is 12.0. The minimum Gasteiger partial charge on any atom is -0.460 e. The van der Waals surface area contributed by atoms with Gasteiger partial charge < -0.3 is 4.74 Å². The number of carbonyl (C=O) groups excluding carboxylic acids is 1. The van der Waals surface area contributed by atoms with Gasteiger partial charge in [-0.15, -0.1) is 0 Å². The van der Waals surface area contributed by atoms with Gasteiger partial charge in [0.2, 0.25) is 0 Å². The molecule has 0 amide bonds. The molecule has 2 heteroatoms. The molecule has 0 heterocycles. The lowest BCUT2D eigenvalue weighted by Gasteiger charge is -2.22. The fraction of sp³-hybridized carbons (Fsp3) is 0.786. The van der Waals surface area contributed by atoms with Gasteiger partial charge in [-0.1, -0.05) is 25.5 Å². The van der Waals surface area contributed by atoms with E-state index in [9.17, 15) is 4.79 Å². The first-order valence-electron chi connectivity index (χ1n) is 6.20. The molecule has 0 aromatic carbocycles. The summed E-state index contributed by atoms with van der Waals surface area (Å²) in [6, 6.07) is 0. The Labute approximate surface area is 100 Å². The second kappa shape index (κ2) is 6.72. The van der Waals surface area contributed by atoms with Crippen LogP contribution in [-0.2, 0) is 9.53 Å². The van der Waals surface area contributed by atoms with Crippen molar-refractivity contribution in [2.24, 2.45) is 5.92 Å². The zero-order valence-corrected chi connectivity index (χ0v) is 11.6. The van der Waals surface area contributed by atoms with Crippen LogP contribution in [0.2, 0.25) is 0 Å². The van der Waals surface area contributed by atoms with Crippen molar-refractivity contribution in [1.82, 2.24) is 0 Å². The highest BCUT2D eigenvalue weighted by atomic mass is 16.6. The van der Waals surface area contributed by atoms with Gasteiger partial charge in [0.25, 0.3) is 0 Å². The van der Waals surface area contributed by atoms with Crippen LogP contribution in [0.25, 0.3) is 0 Å². The first-order valence-corrected chi connectivity index (χ1v) is 6.20. The van der Waals surface area contributed by atoms with Crippen molar-refractivity contribution in [3.63, 3.8) is 0 Å². The number of esters is 1. The van der Waals surface area contributed by atoms with Gasteiger partial charge in [-0.3, -0.25) is 4.79 Å². The summed E-state index contributed by atoms with van der Waals surface area (Å²) >= 11 is 0. The molecule has 94 valence electrons. The summed E-state index contributed by atoms with van der Waals surface area (Å²) in [5.41, 5.74) is 0.978. The lowest BCUT2D eigenvalue weighted by Crippen LogP contribution is -2.25. The number of ether oxygens (including phenoxy) is 1. The Hall–Kier alpha value is -0.790. The van der Waals surface area contributed by atoms with E-state index in [2.05, 4.69) is 19.9 Å². The van der Waals surface area contributed by atoms with Gasteiger partial charge in [0.1, 0.15) is 5.60 Å². The second-order valence-corrected chi connectivity index (χ2v) is 5.11. The van der Waals surface area contributed by atoms with E-state index >= 15 is 0 Å². The quantitative estimate of drug-likeness (QED) is 0.521. The van der Waals surface area contributed by atoms with Gasteiger partial charge in [-0.05, 0) is 46.5 Å². The van der Waals surface area contributed by atoms with Crippen LogP contribution in [0.5, 0.6) is 0 Å². The van der Waals surface area contributed by atoms with E-state index in [-0.39, 0.29) is 11.6 Å². The number of allylic oxidation sites excluding steroid dienone is 2. The molecule has 0 aromatic heterocycles. The van der Waals surface area contributed by atoms with Crippen LogP contribution in [0.15, 0.2) is 11.6 Å². The molecule has 0 aliphatic rings. The van der Waals surface area contributed by atoms with Crippen LogP contribution in [-0.4, -0.2) is 11.6 Å². The van der Waals surface area contributed by atoms with Crippen molar-refractivity contribution in [2.75, 3.05) is 0 Å². The molecule has 0 fully saturated rings. The van der Waals surface area contributed by atoms with Crippen molar-refractivity contribution < 1.29 is 9.53 Å². The van der Waals surface area contributed by atoms with E-state index in [1.54, 1.807) is 0 Å². The molecule has 0 rings (SSSR count). The average Bonchev–Trinajstić information content (AvgIpc) is 2.15. The standard InChI is InChI=1S/C14H26O2/c1-7-11(8-2)12(9-3)10-13(15)16-14(4,5)6/h7,12H,8-10H2,1-6H3. The van der Waals surface area contributed by atoms with E-state index in [4.69, 9.17) is 4.74 Å². The van der Waals surface area contributed by atoms with Crippen molar-refractivity contribution in [1.29, 1.82) is 0 Å². The summed E-state index contributed by atoms with van der Waals surface area (Å²) in [6.07, 6.45) is 4.63. The van der Waals surface area contributed by atoms with Gasteiger partial charge in [0.05, 0.1) is 6.42 Å². The number of hydrogen-bond acceptors (Lipinski definition) is 2. The smallest absolute Gasteiger partial charge is 0.306 e. The second-order valence-electron chi connectivity index (χ2n) is 5.11. The predicted molar refractivity (Wildman–Crippen MR) is 68.3 cm³/mol. The van der Waals surface area contributed by atoms with E-state index < -0.39 is 0 Å². The molecule has 0 aromatic rings. The Morgan fingerprint density at radius 2 is 1.88 bits per heavy atom. The molecule has 1 atom stereocenters. The molecule has 0 spiro atoms. The molecule has 0 bridgehead atoms. The lowest BCUT2D eigenvalue weighted by molar-refractivity contribution is -0.155. The molecule has 2 nitrogen and oxygen atoms in total. The molecular weight excluding hydrogens is 200 g/mol. The minimum atomic E-state index is -0.377. The Kier molecular flexibility index (Phi) is 6.39. The highest BCUT2D eigenvalue weighted by molar-refractivity contribution is 5.70. The SMILES string of the molecule is CC=C(CC)C(CC)CC(=O)OC(C)(C)C. The molecule has 0 saturated carbocycles. The Balaban J connectivity index is 4.39. The molecule has 0 aliphatic carbocycles. The van der Waals surface area contributed by atoms with E-state index in [1.807, 2.05) is 27.7 Å². The van der Waals surface area contributed by atoms with E-state index in [1.165, 1.54) is 5.57 Å². The normalized spacial score (nSPS) is 14.8. The van der Waals surface area contributed by atoms with Crippen LogP contribution in [0.4, 0.5) is 0 Å². The zero-order chi connectivity index (χ0) is 12.8. The Morgan fingerprint density at radius 3 is 2.19 bits per heavy atom. The summed E-state index contributed by atoms with van der Waals surface area (Å²) < 4.78 is 5.34. The minimum absolute atomic E-state index is 0.0906. The van der Waals surface area contributed by atoms with E-state index in [0.29, 0.717) is 12.3 Å². The molecule has 1 unspecified atom stereocenters. The fourth-order valence-electron chi connectivity index (χ4n) is 1.85. The topological polar surface area (TPSA) is 26.3 Å². The van der Waals surface area contributed by atoms with Crippen LogP contribution in [0, 0.1) is 5.92 Å². The number of rotatable bonds is 5. The van der Waals surface area contributed by atoms with E-state index in [0.717, 1.165) is 12.8 Å².